The van der Waals surface area contributed by atoms with Gasteiger partial charge in [0, 0.05) is 25.3 Å². The summed E-state index contributed by atoms with van der Waals surface area (Å²) in [5.74, 6) is 1.05. The zero-order chi connectivity index (χ0) is 13.9. The zero-order valence-electron chi connectivity index (χ0n) is 11.9. The van der Waals surface area contributed by atoms with E-state index in [0.717, 1.165) is 30.9 Å². The molecule has 1 aromatic heterocycles. The lowest BCUT2D eigenvalue weighted by molar-refractivity contribution is 0.750. The fourth-order valence-corrected chi connectivity index (χ4v) is 2.75. The molecule has 104 valence electrons. The van der Waals surface area contributed by atoms with Gasteiger partial charge in [-0.25, -0.2) is 4.98 Å². The Morgan fingerprint density at radius 1 is 1.15 bits per heavy atom. The van der Waals surface area contributed by atoms with E-state index in [-0.39, 0.29) is 6.04 Å². The highest BCUT2D eigenvalue weighted by Crippen LogP contribution is 2.23. The van der Waals surface area contributed by atoms with Gasteiger partial charge >= 0.3 is 0 Å². The highest BCUT2D eigenvalue weighted by atomic mass is 15.2. The summed E-state index contributed by atoms with van der Waals surface area (Å²) < 4.78 is 0. The van der Waals surface area contributed by atoms with Gasteiger partial charge in [0.1, 0.15) is 5.82 Å². The highest BCUT2D eigenvalue weighted by molar-refractivity contribution is 5.43. The predicted molar refractivity (Wildman–Crippen MR) is 82.7 cm³/mol. The smallest absolute Gasteiger partial charge is 0.128 e. The second-order valence-corrected chi connectivity index (χ2v) is 5.53. The molecule has 0 radical (unpaired) electrons. The summed E-state index contributed by atoms with van der Waals surface area (Å²) in [6.45, 7) is 3.98. The number of aromatic nitrogens is 1. The van der Waals surface area contributed by atoms with Crippen molar-refractivity contribution in [2.45, 2.75) is 32.4 Å². The molecule has 0 saturated heterocycles. The Balaban J connectivity index is 1.84. The van der Waals surface area contributed by atoms with Crippen LogP contribution in [0.4, 0.5) is 5.82 Å². The summed E-state index contributed by atoms with van der Waals surface area (Å²) in [7, 11) is 0. The van der Waals surface area contributed by atoms with Crippen molar-refractivity contribution in [2.24, 2.45) is 5.73 Å². The first kappa shape index (κ1) is 13.1. The molecule has 0 amide bonds. The Labute approximate surface area is 120 Å². The lowest BCUT2D eigenvalue weighted by Gasteiger charge is -2.22. The van der Waals surface area contributed by atoms with Gasteiger partial charge in [-0.3, -0.25) is 0 Å². The Morgan fingerprint density at radius 2 is 1.95 bits per heavy atom. The highest BCUT2D eigenvalue weighted by Gasteiger charge is 2.15. The summed E-state index contributed by atoms with van der Waals surface area (Å²) in [5.41, 5.74) is 9.86. The number of anilines is 1. The van der Waals surface area contributed by atoms with Crippen LogP contribution in [-0.4, -0.2) is 11.5 Å². The fraction of sp³-hybridized carbons (Fsp3) is 0.353. The molecule has 2 aromatic rings. The first-order valence-electron chi connectivity index (χ1n) is 7.27. The largest absolute Gasteiger partial charge is 0.352 e. The van der Waals surface area contributed by atoms with Gasteiger partial charge in [-0.05, 0) is 42.5 Å². The van der Waals surface area contributed by atoms with Crippen molar-refractivity contribution >= 4 is 5.82 Å². The van der Waals surface area contributed by atoms with Crippen LogP contribution in [0.5, 0.6) is 0 Å². The van der Waals surface area contributed by atoms with E-state index in [2.05, 4.69) is 46.3 Å². The number of fused-ring (bicyclic) bond motifs is 1. The average molecular weight is 267 g/mol. The Hall–Kier alpha value is -1.87. The van der Waals surface area contributed by atoms with E-state index >= 15 is 0 Å². The normalized spacial score (nSPS) is 16.4. The number of nitrogens with two attached hydrogens (primary N) is 1. The number of aryl methyl sites for hydroxylation is 1. The van der Waals surface area contributed by atoms with Gasteiger partial charge in [0.05, 0.1) is 0 Å². The molecule has 3 nitrogen and oxygen atoms in total. The zero-order valence-corrected chi connectivity index (χ0v) is 11.9. The van der Waals surface area contributed by atoms with Crippen molar-refractivity contribution in [1.29, 1.82) is 0 Å². The summed E-state index contributed by atoms with van der Waals surface area (Å²) >= 11 is 0. The molecule has 0 saturated carbocycles. The van der Waals surface area contributed by atoms with Gasteiger partial charge in [0.2, 0.25) is 0 Å². The molecule has 1 aliphatic rings. The van der Waals surface area contributed by atoms with Crippen molar-refractivity contribution in [3.63, 3.8) is 0 Å². The SMILES string of the molecule is CC(N)c1ccc(N2CCCc3ccccc3C2)nc1. The van der Waals surface area contributed by atoms with Gasteiger partial charge in [-0.1, -0.05) is 30.3 Å². The van der Waals surface area contributed by atoms with Crippen molar-refractivity contribution in [1.82, 2.24) is 4.98 Å². The van der Waals surface area contributed by atoms with Gasteiger partial charge in [0.25, 0.3) is 0 Å². The standard InChI is InChI=1S/C17H21N3/c1-13(18)15-8-9-17(19-11-15)20-10-4-7-14-5-2-3-6-16(14)12-20/h2-3,5-6,8-9,11,13H,4,7,10,12,18H2,1H3. The van der Waals surface area contributed by atoms with E-state index in [9.17, 15) is 0 Å². The maximum Gasteiger partial charge on any atom is 0.128 e. The van der Waals surface area contributed by atoms with Gasteiger partial charge in [-0.15, -0.1) is 0 Å². The average Bonchev–Trinajstić information content (AvgIpc) is 2.69. The molecule has 0 bridgehead atoms. The maximum absolute atomic E-state index is 5.88. The van der Waals surface area contributed by atoms with Gasteiger partial charge in [-0.2, -0.15) is 0 Å². The number of nitrogens with zero attached hydrogens (tertiary/aromatic N) is 2. The third-order valence-electron chi connectivity index (χ3n) is 3.97. The predicted octanol–water partition coefficient (Wildman–Crippen LogP) is 3.05. The van der Waals surface area contributed by atoms with Crippen molar-refractivity contribution in [2.75, 3.05) is 11.4 Å². The van der Waals surface area contributed by atoms with Crippen LogP contribution in [0.15, 0.2) is 42.6 Å². The van der Waals surface area contributed by atoms with Gasteiger partial charge < -0.3 is 10.6 Å². The van der Waals surface area contributed by atoms with Crippen molar-refractivity contribution in [3.8, 4) is 0 Å². The van der Waals surface area contributed by atoms with E-state index in [1.807, 2.05) is 13.1 Å². The molecule has 2 N–H and O–H groups in total. The molecule has 1 aliphatic heterocycles. The quantitative estimate of drug-likeness (QED) is 0.909. The minimum atomic E-state index is 0.0430. The second-order valence-electron chi connectivity index (χ2n) is 5.53. The number of hydrogen-bond donors (Lipinski definition) is 1. The van der Waals surface area contributed by atoms with Crippen LogP contribution in [0.1, 0.15) is 36.1 Å². The molecular formula is C17H21N3. The molecule has 0 aliphatic carbocycles. The summed E-state index contributed by atoms with van der Waals surface area (Å²) in [4.78, 5) is 6.94. The first-order valence-corrected chi connectivity index (χ1v) is 7.27. The van der Waals surface area contributed by atoms with Crippen LogP contribution < -0.4 is 10.6 Å². The van der Waals surface area contributed by atoms with Crippen LogP contribution in [0.3, 0.4) is 0 Å². The van der Waals surface area contributed by atoms with Gasteiger partial charge in [0.15, 0.2) is 0 Å². The van der Waals surface area contributed by atoms with E-state index in [1.54, 1.807) is 0 Å². The third-order valence-corrected chi connectivity index (χ3v) is 3.97. The van der Waals surface area contributed by atoms with Crippen LogP contribution in [0.25, 0.3) is 0 Å². The maximum atomic E-state index is 5.88. The van der Waals surface area contributed by atoms with E-state index in [0.29, 0.717) is 0 Å². The molecule has 2 heterocycles. The molecule has 0 spiro atoms. The Bertz CT molecular complexity index is 575. The first-order chi connectivity index (χ1) is 9.74. The minimum absolute atomic E-state index is 0.0430. The third kappa shape index (κ3) is 2.68. The topological polar surface area (TPSA) is 42.1 Å². The van der Waals surface area contributed by atoms with E-state index in [1.165, 1.54) is 17.5 Å². The lowest BCUT2D eigenvalue weighted by Crippen LogP contribution is -2.23. The number of benzene rings is 1. The fourth-order valence-electron chi connectivity index (χ4n) is 2.75. The molecular weight excluding hydrogens is 246 g/mol. The number of hydrogen-bond acceptors (Lipinski definition) is 3. The van der Waals surface area contributed by atoms with E-state index < -0.39 is 0 Å². The van der Waals surface area contributed by atoms with Crippen molar-refractivity contribution in [3.05, 3.63) is 59.3 Å². The second kappa shape index (κ2) is 5.63. The van der Waals surface area contributed by atoms with Crippen molar-refractivity contribution < 1.29 is 0 Å². The monoisotopic (exact) mass is 267 g/mol. The van der Waals surface area contributed by atoms with Crippen LogP contribution in [0.2, 0.25) is 0 Å². The molecule has 1 aromatic carbocycles. The summed E-state index contributed by atoms with van der Waals surface area (Å²) in [6.07, 6.45) is 4.23. The molecule has 3 rings (SSSR count). The van der Waals surface area contributed by atoms with E-state index in [4.69, 9.17) is 5.73 Å². The Kier molecular flexibility index (Phi) is 3.70. The van der Waals surface area contributed by atoms with Crippen LogP contribution in [0, 0.1) is 0 Å². The Morgan fingerprint density at radius 3 is 2.65 bits per heavy atom. The summed E-state index contributed by atoms with van der Waals surface area (Å²) in [5, 5.41) is 0. The molecule has 20 heavy (non-hydrogen) atoms. The number of rotatable bonds is 2. The molecule has 3 heteroatoms. The number of pyridine rings is 1. The molecule has 1 atom stereocenters. The summed E-state index contributed by atoms with van der Waals surface area (Å²) in [6, 6.07) is 12.9. The molecule has 0 fully saturated rings. The minimum Gasteiger partial charge on any atom is -0.352 e. The lowest BCUT2D eigenvalue weighted by atomic mass is 10.0. The van der Waals surface area contributed by atoms with Crippen LogP contribution in [-0.2, 0) is 13.0 Å². The van der Waals surface area contributed by atoms with Crippen LogP contribution >= 0.6 is 0 Å². The molecule has 1 unspecified atom stereocenters.